The maximum Gasteiger partial charge on any atom is 0.254 e. The van der Waals surface area contributed by atoms with E-state index in [2.05, 4.69) is 37.2 Å². The Morgan fingerprint density at radius 2 is 2.24 bits per heavy atom. The Kier molecular flexibility index (Phi) is 6.12. The van der Waals surface area contributed by atoms with Gasteiger partial charge in [0.25, 0.3) is 5.91 Å². The first kappa shape index (κ1) is 14.6. The fourth-order valence-corrected chi connectivity index (χ4v) is 2.37. The normalized spacial score (nSPS) is 12.2. The van der Waals surface area contributed by atoms with Crippen LogP contribution in [-0.4, -0.2) is 17.3 Å². The Balaban J connectivity index is 2.79. The van der Waals surface area contributed by atoms with Crippen molar-refractivity contribution in [2.24, 2.45) is 0 Å². The Morgan fingerprint density at radius 3 is 2.82 bits per heavy atom. The van der Waals surface area contributed by atoms with Crippen molar-refractivity contribution in [2.45, 2.75) is 25.8 Å². The molecule has 1 aromatic carbocycles. The quantitative estimate of drug-likeness (QED) is 0.787. The zero-order valence-corrected chi connectivity index (χ0v) is 12.6. The van der Waals surface area contributed by atoms with Gasteiger partial charge in [-0.25, -0.2) is 4.39 Å². The summed E-state index contributed by atoms with van der Waals surface area (Å²) in [6, 6.07) is 4.77. The van der Waals surface area contributed by atoms with Crippen LogP contribution in [0, 0.1) is 5.82 Å². The molecule has 0 saturated heterocycles. The molecule has 17 heavy (non-hydrogen) atoms. The Labute approximate surface area is 117 Å². The number of hydrogen-bond donors (Lipinski definition) is 1. The number of carbonyl (C=O) groups is 1. The number of rotatable bonds is 5. The Hall–Kier alpha value is -0.420. The SMILES string of the molecule is CCC(CCBr)NC(=O)c1cccc(Br)c1F. The molecule has 1 aromatic rings. The molecular formula is C12H14Br2FNO. The van der Waals surface area contributed by atoms with Gasteiger partial charge in [-0.3, -0.25) is 4.79 Å². The second-order valence-corrected chi connectivity index (χ2v) is 5.31. The number of carbonyl (C=O) groups excluding carboxylic acids is 1. The first-order chi connectivity index (χ1) is 8.10. The van der Waals surface area contributed by atoms with E-state index < -0.39 is 5.82 Å². The zero-order chi connectivity index (χ0) is 12.8. The Bertz CT molecular complexity index is 398. The molecule has 0 heterocycles. The van der Waals surface area contributed by atoms with E-state index in [1.165, 1.54) is 6.07 Å². The lowest BCUT2D eigenvalue weighted by Gasteiger charge is -2.16. The maximum atomic E-state index is 13.7. The summed E-state index contributed by atoms with van der Waals surface area (Å²) < 4.78 is 14.0. The molecule has 5 heteroatoms. The van der Waals surface area contributed by atoms with Gasteiger partial charge in [0, 0.05) is 11.4 Å². The number of halogens is 3. The average molecular weight is 367 g/mol. The third-order valence-corrected chi connectivity index (χ3v) is 3.55. The fourth-order valence-electron chi connectivity index (χ4n) is 1.45. The zero-order valence-electron chi connectivity index (χ0n) is 9.47. The molecule has 94 valence electrons. The van der Waals surface area contributed by atoms with Gasteiger partial charge in [0.2, 0.25) is 0 Å². The van der Waals surface area contributed by atoms with Crippen LogP contribution in [0.25, 0.3) is 0 Å². The number of amides is 1. The van der Waals surface area contributed by atoms with Crippen LogP contribution in [0.3, 0.4) is 0 Å². The van der Waals surface area contributed by atoms with E-state index >= 15 is 0 Å². The summed E-state index contributed by atoms with van der Waals surface area (Å²) in [5, 5.41) is 3.63. The van der Waals surface area contributed by atoms with Gasteiger partial charge in [0.1, 0.15) is 5.82 Å². The van der Waals surface area contributed by atoms with E-state index in [4.69, 9.17) is 0 Å². The van der Waals surface area contributed by atoms with Crippen molar-refractivity contribution in [3.8, 4) is 0 Å². The van der Waals surface area contributed by atoms with Crippen LogP contribution >= 0.6 is 31.9 Å². The van der Waals surface area contributed by atoms with Gasteiger partial charge >= 0.3 is 0 Å². The van der Waals surface area contributed by atoms with Gasteiger partial charge in [-0.15, -0.1) is 0 Å². The molecule has 0 saturated carbocycles. The molecule has 0 aliphatic carbocycles. The molecule has 0 aromatic heterocycles. The molecule has 0 aliphatic heterocycles. The second-order valence-electron chi connectivity index (χ2n) is 3.66. The average Bonchev–Trinajstić information content (AvgIpc) is 2.31. The second kappa shape index (κ2) is 7.11. The van der Waals surface area contributed by atoms with Crippen molar-refractivity contribution in [3.63, 3.8) is 0 Å². The van der Waals surface area contributed by atoms with Crippen LogP contribution in [0.2, 0.25) is 0 Å². The largest absolute Gasteiger partial charge is 0.349 e. The van der Waals surface area contributed by atoms with E-state index in [0.29, 0.717) is 4.47 Å². The standard InChI is InChI=1S/C12H14Br2FNO/c1-2-8(6-7-13)16-12(17)9-4-3-5-10(14)11(9)15/h3-5,8H,2,6-7H2,1H3,(H,16,17). The molecular weight excluding hydrogens is 353 g/mol. The van der Waals surface area contributed by atoms with Crippen molar-refractivity contribution in [1.82, 2.24) is 5.32 Å². The lowest BCUT2D eigenvalue weighted by atomic mass is 10.1. The molecule has 0 aliphatic rings. The minimum absolute atomic E-state index is 0.0697. The van der Waals surface area contributed by atoms with E-state index in [0.717, 1.165) is 18.2 Å². The molecule has 0 spiro atoms. The summed E-state index contributed by atoms with van der Waals surface area (Å²) in [4.78, 5) is 11.9. The van der Waals surface area contributed by atoms with Crippen LogP contribution < -0.4 is 5.32 Å². The lowest BCUT2D eigenvalue weighted by molar-refractivity contribution is 0.0931. The molecule has 0 fully saturated rings. The summed E-state index contributed by atoms with van der Waals surface area (Å²) in [6.07, 6.45) is 1.66. The minimum Gasteiger partial charge on any atom is -0.349 e. The smallest absolute Gasteiger partial charge is 0.254 e. The first-order valence-corrected chi connectivity index (χ1v) is 7.32. The highest BCUT2D eigenvalue weighted by atomic mass is 79.9. The molecule has 1 atom stereocenters. The summed E-state index contributed by atoms with van der Waals surface area (Å²) >= 11 is 6.40. The number of nitrogens with one attached hydrogen (secondary N) is 1. The number of alkyl halides is 1. The van der Waals surface area contributed by atoms with E-state index in [1.54, 1.807) is 12.1 Å². The highest BCUT2D eigenvalue weighted by Crippen LogP contribution is 2.18. The van der Waals surface area contributed by atoms with Crippen LogP contribution in [0.5, 0.6) is 0 Å². The minimum atomic E-state index is -0.515. The third kappa shape index (κ3) is 4.07. The topological polar surface area (TPSA) is 29.1 Å². The van der Waals surface area contributed by atoms with Crippen LogP contribution in [0.1, 0.15) is 30.1 Å². The molecule has 2 nitrogen and oxygen atoms in total. The van der Waals surface area contributed by atoms with E-state index in [-0.39, 0.29) is 17.5 Å². The van der Waals surface area contributed by atoms with Crippen LogP contribution in [0.4, 0.5) is 4.39 Å². The predicted octanol–water partition coefficient (Wildman–Crippen LogP) is 3.88. The first-order valence-electron chi connectivity index (χ1n) is 5.41. The summed E-state index contributed by atoms with van der Waals surface area (Å²) in [5.41, 5.74) is 0.0763. The predicted molar refractivity (Wildman–Crippen MR) is 74.1 cm³/mol. The third-order valence-electron chi connectivity index (χ3n) is 2.48. The summed E-state index contributed by atoms with van der Waals surface area (Å²) in [5.74, 6) is -0.879. The Morgan fingerprint density at radius 1 is 1.53 bits per heavy atom. The van der Waals surface area contributed by atoms with Gasteiger partial charge in [0.15, 0.2) is 0 Å². The molecule has 1 unspecified atom stereocenters. The van der Waals surface area contributed by atoms with Crippen molar-refractivity contribution in [2.75, 3.05) is 5.33 Å². The molecule has 1 rings (SSSR count). The van der Waals surface area contributed by atoms with Gasteiger partial charge in [0.05, 0.1) is 10.0 Å². The molecule has 1 N–H and O–H groups in total. The summed E-state index contributed by atoms with van der Waals surface area (Å²) in [7, 11) is 0. The number of benzene rings is 1. The van der Waals surface area contributed by atoms with Crippen LogP contribution in [0.15, 0.2) is 22.7 Å². The molecule has 1 amide bonds. The van der Waals surface area contributed by atoms with Gasteiger partial charge in [-0.05, 0) is 40.9 Å². The van der Waals surface area contributed by atoms with Crippen molar-refractivity contribution in [3.05, 3.63) is 34.1 Å². The molecule has 0 bridgehead atoms. The maximum absolute atomic E-state index is 13.7. The monoisotopic (exact) mass is 365 g/mol. The van der Waals surface area contributed by atoms with Gasteiger partial charge < -0.3 is 5.32 Å². The van der Waals surface area contributed by atoms with Gasteiger partial charge in [-0.1, -0.05) is 28.9 Å². The molecule has 0 radical (unpaired) electrons. The van der Waals surface area contributed by atoms with Crippen molar-refractivity contribution < 1.29 is 9.18 Å². The van der Waals surface area contributed by atoms with E-state index in [9.17, 15) is 9.18 Å². The highest BCUT2D eigenvalue weighted by Gasteiger charge is 2.16. The van der Waals surface area contributed by atoms with Crippen molar-refractivity contribution in [1.29, 1.82) is 0 Å². The summed E-state index contributed by atoms with van der Waals surface area (Å²) in [6.45, 7) is 1.99. The van der Waals surface area contributed by atoms with E-state index in [1.807, 2.05) is 6.92 Å². The van der Waals surface area contributed by atoms with Gasteiger partial charge in [-0.2, -0.15) is 0 Å². The fraction of sp³-hybridized carbons (Fsp3) is 0.417. The highest BCUT2D eigenvalue weighted by molar-refractivity contribution is 9.10. The van der Waals surface area contributed by atoms with Crippen LogP contribution in [-0.2, 0) is 0 Å². The van der Waals surface area contributed by atoms with Crippen molar-refractivity contribution >= 4 is 37.8 Å². The number of hydrogen-bond acceptors (Lipinski definition) is 1. The lowest BCUT2D eigenvalue weighted by Crippen LogP contribution is -2.35.